The van der Waals surface area contributed by atoms with E-state index in [4.69, 9.17) is 0 Å². The van der Waals surface area contributed by atoms with Gasteiger partial charge in [0.1, 0.15) is 0 Å². The Morgan fingerprint density at radius 2 is 1.55 bits per heavy atom. The number of hydrogen-bond donors (Lipinski definition) is 1. The normalized spacial score (nSPS) is 20.1. The molecule has 108 valence electrons. The van der Waals surface area contributed by atoms with E-state index in [1.807, 2.05) is 15.9 Å². The zero-order valence-corrected chi connectivity index (χ0v) is 11.5. The van der Waals surface area contributed by atoms with Crippen LogP contribution in [-0.4, -0.2) is 78.2 Å². The van der Waals surface area contributed by atoms with Gasteiger partial charge in [-0.3, -0.25) is 0 Å². The van der Waals surface area contributed by atoms with Crippen molar-refractivity contribution in [2.75, 3.05) is 57.3 Å². The highest BCUT2D eigenvalue weighted by Gasteiger charge is 2.26. The molecule has 0 saturated carbocycles. The molecule has 1 N–H and O–H groups in total. The first-order chi connectivity index (χ1) is 9.84. The third-order valence-electron chi connectivity index (χ3n) is 3.77. The van der Waals surface area contributed by atoms with Crippen LogP contribution in [0.3, 0.4) is 0 Å². The monoisotopic (exact) mass is 276 g/mol. The molecule has 1 aromatic heterocycles. The molecular weight excluding hydrogens is 256 g/mol. The zero-order valence-electron chi connectivity index (χ0n) is 11.5. The SMILES string of the molecule is O=C(N1CCNCC1)N1CCN(c2ncccn2)CC1. The van der Waals surface area contributed by atoms with Gasteiger partial charge in [-0.05, 0) is 6.07 Å². The summed E-state index contributed by atoms with van der Waals surface area (Å²) in [4.78, 5) is 26.9. The van der Waals surface area contributed by atoms with E-state index in [0.29, 0.717) is 0 Å². The summed E-state index contributed by atoms with van der Waals surface area (Å²) in [6.07, 6.45) is 3.50. The molecule has 7 nitrogen and oxygen atoms in total. The van der Waals surface area contributed by atoms with E-state index < -0.39 is 0 Å². The first kappa shape index (κ1) is 13.1. The molecule has 0 bridgehead atoms. The summed E-state index contributed by atoms with van der Waals surface area (Å²) in [5.74, 6) is 0.752. The van der Waals surface area contributed by atoms with Crippen molar-refractivity contribution in [3.05, 3.63) is 18.5 Å². The van der Waals surface area contributed by atoms with Crippen LogP contribution in [0, 0.1) is 0 Å². The summed E-state index contributed by atoms with van der Waals surface area (Å²) >= 11 is 0. The maximum Gasteiger partial charge on any atom is 0.320 e. The fraction of sp³-hybridized carbons (Fsp3) is 0.615. The van der Waals surface area contributed by atoms with Crippen molar-refractivity contribution in [2.45, 2.75) is 0 Å². The number of anilines is 1. The molecular formula is C13H20N6O. The number of amides is 2. The molecule has 2 fully saturated rings. The van der Waals surface area contributed by atoms with E-state index in [1.54, 1.807) is 12.4 Å². The Labute approximate surface area is 118 Å². The number of carbonyl (C=O) groups is 1. The van der Waals surface area contributed by atoms with Crippen LogP contribution in [0.5, 0.6) is 0 Å². The van der Waals surface area contributed by atoms with E-state index in [1.165, 1.54) is 0 Å². The van der Waals surface area contributed by atoms with Crippen molar-refractivity contribution in [3.63, 3.8) is 0 Å². The van der Waals surface area contributed by atoms with Crippen molar-refractivity contribution in [2.24, 2.45) is 0 Å². The molecule has 1 aromatic rings. The lowest BCUT2D eigenvalue weighted by Gasteiger charge is -2.38. The first-order valence-corrected chi connectivity index (χ1v) is 7.11. The fourth-order valence-electron chi connectivity index (χ4n) is 2.61. The van der Waals surface area contributed by atoms with Crippen molar-refractivity contribution in [1.82, 2.24) is 25.1 Å². The third-order valence-corrected chi connectivity index (χ3v) is 3.77. The number of urea groups is 1. The molecule has 3 heterocycles. The molecule has 2 amide bonds. The molecule has 0 aliphatic carbocycles. The van der Waals surface area contributed by atoms with E-state index in [9.17, 15) is 4.79 Å². The molecule has 2 aliphatic rings. The van der Waals surface area contributed by atoms with E-state index in [-0.39, 0.29) is 6.03 Å². The van der Waals surface area contributed by atoms with Gasteiger partial charge in [-0.15, -0.1) is 0 Å². The number of nitrogens with one attached hydrogen (secondary N) is 1. The van der Waals surface area contributed by atoms with Crippen LogP contribution in [-0.2, 0) is 0 Å². The fourth-order valence-corrected chi connectivity index (χ4v) is 2.61. The van der Waals surface area contributed by atoms with Gasteiger partial charge in [0.2, 0.25) is 5.95 Å². The lowest BCUT2D eigenvalue weighted by Crippen LogP contribution is -2.56. The topological polar surface area (TPSA) is 64.6 Å². The Balaban J connectivity index is 1.54. The van der Waals surface area contributed by atoms with Gasteiger partial charge < -0.3 is 20.0 Å². The summed E-state index contributed by atoms with van der Waals surface area (Å²) in [7, 11) is 0. The summed E-state index contributed by atoms with van der Waals surface area (Å²) in [6, 6.07) is 1.98. The van der Waals surface area contributed by atoms with E-state index >= 15 is 0 Å². The van der Waals surface area contributed by atoms with Crippen LogP contribution >= 0.6 is 0 Å². The summed E-state index contributed by atoms with van der Waals surface area (Å²) in [5, 5.41) is 3.26. The average molecular weight is 276 g/mol. The third kappa shape index (κ3) is 2.82. The highest BCUT2D eigenvalue weighted by atomic mass is 16.2. The van der Waals surface area contributed by atoms with Gasteiger partial charge in [-0.2, -0.15) is 0 Å². The van der Waals surface area contributed by atoms with Crippen molar-refractivity contribution < 1.29 is 4.79 Å². The van der Waals surface area contributed by atoms with Gasteiger partial charge in [-0.25, -0.2) is 14.8 Å². The first-order valence-electron chi connectivity index (χ1n) is 7.11. The lowest BCUT2D eigenvalue weighted by atomic mass is 10.3. The Kier molecular flexibility index (Phi) is 3.96. The number of piperazine rings is 2. The smallest absolute Gasteiger partial charge is 0.320 e. The Morgan fingerprint density at radius 3 is 2.20 bits per heavy atom. The molecule has 2 saturated heterocycles. The quantitative estimate of drug-likeness (QED) is 0.758. The largest absolute Gasteiger partial charge is 0.337 e. The van der Waals surface area contributed by atoms with Crippen LogP contribution in [0.15, 0.2) is 18.5 Å². The maximum absolute atomic E-state index is 12.4. The van der Waals surface area contributed by atoms with Crippen molar-refractivity contribution in [3.8, 4) is 0 Å². The maximum atomic E-state index is 12.4. The average Bonchev–Trinajstić information content (AvgIpc) is 2.56. The van der Waals surface area contributed by atoms with Gasteiger partial charge in [0.15, 0.2) is 0 Å². The Bertz CT molecular complexity index is 439. The number of rotatable bonds is 1. The number of hydrogen-bond acceptors (Lipinski definition) is 5. The van der Waals surface area contributed by atoms with Crippen molar-refractivity contribution >= 4 is 12.0 Å². The van der Waals surface area contributed by atoms with Crippen LogP contribution in [0.4, 0.5) is 10.7 Å². The summed E-state index contributed by atoms with van der Waals surface area (Å²) in [5.41, 5.74) is 0. The molecule has 7 heteroatoms. The highest BCUT2D eigenvalue weighted by Crippen LogP contribution is 2.11. The van der Waals surface area contributed by atoms with Crippen molar-refractivity contribution in [1.29, 1.82) is 0 Å². The zero-order chi connectivity index (χ0) is 13.8. The molecule has 2 aliphatic heterocycles. The van der Waals surface area contributed by atoms with E-state index in [0.717, 1.165) is 58.3 Å². The minimum Gasteiger partial charge on any atom is -0.337 e. The second-order valence-electron chi connectivity index (χ2n) is 5.04. The lowest BCUT2D eigenvalue weighted by molar-refractivity contribution is 0.144. The predicted octanol–water partition coefficient (Wildman–Crippen LogP) is -0.376. The van der Waals surface area contributed by atoms with Crippen LogP contribution in [0.25, 0.3) is 0 Å². The number of aromatic nitrogens is 2. The number of carbonyl (C=O) groups excluding carboxylic acids is 1. The second kappa shape index (κ2) is 6.04. The Hall–Kier alpha value is -1.89. The highest BCUT2D eigenvalue weighted by molar-refractivity contribution is 5.75. The predicted molar refractivity (Wildman–Crippen MR) is 75.7 cm³/mol. The minimum atomic E-state index is 0.167. The summed E-state index contributed by atoms with van der Waals surface area (Å²) < 4.78 is 0. The molecule has 0 spiro atoms. The van der Waals surface area contributed by atoms with Gasteiger partial charge in [-0.1, -0.05) is 0 Å². The molecule has 3 rings (SSSR count). The van der Waals surface area contributed by atoms with Gasteiger partial charge in [0.25, 0.3) is 0 Å². The molecule has 20 heavy (non-hydrogen) atoms. The standard InChI is InChI=1S/C13H20N6O/c20-13(18-6-4-14-5-7-18)19-10-8-17(9-11-19)12-15-2-1-3-16-12/h1-3,14H,4-11H2. The molecule has 0 unspecified atom stereocenters. The molecule has 0 aromatic carbocycles. The summed E-state index contributed by atoms with van der Waals surface area (Å²) in [6.45, 7) is 6.46. The van der Waals surface area contributed by atoms with Gasteiger partial charge in [0, 0.05) is 64.8 Å². The molecule has 0 atom stereocenters. The van der Waals surface area contributed by atoms with Gasteiger partial charge in [0.05, 0.1) is 0 Å². The van der Waals surface area contributed by atoms with Crippen LogP contribution in [0.1, 0.15) is 0 Å². The van der Waals surface area contributed by atoms with Crippen LogP contribution < -0.4 is 10.2 Å². The van der Waals surface area contributed by atoms with Crippen LogP contribution in [0.2, 0.25) is 0 Å². The van der Waals surface area contributed by atoms with Gasteiger partial charge >= 0.3 is 6.03 Å². The Morgan fingerprint density at radius 1 is 0.950 bits per heavy atom. The minimum absolute atomic E-state index is 0.167. The molecule has 0 radical (unpaired) electrons. The van der Waals surface area contributed by atoms with E-state index in [2.05, 4.69) is 20.2 Å². The number of nitrogens with zero attached hydrogens (tertiary/aromatic N) is 5. The second-order valence-corrected chi connectivity index (χ2v) is 5.04.